The molecule has 0 unspecified atom stereocenters. The van der Waals surface area contributed by atoms with Crippen LogP contribution in [0.15, 0.2) is 41.1 Å². The molecule has 1 atom stereocenters. The van der Waals surface area contributed by atoms with Crippen LogP contribution >= 0.6 is 0 Å². The van der Waals surface area contributed by atoms with Gasteiger partial charge in [0.15, 0.2) is 5.75 Å². The van der Waals surface area contributed by atoms with Gasteiger partial charge in [0.1, 0.15) is 23.9 Å². The molecule has 0 saturated carbocycles. The van der Waals surface area contributed by atoms with Gasteiger partial charge in [-0.2, -0.15) is 0 Å². The van der Waals surface area contributed by atoms with E-state index in [1.807, 2.05) is 45.2 Å². The molecule has 2 aliphatic rings. The summed E-state index contributed by atoms with van der Waals surface area (Å²) in [7, 11) is 0. The molecule has 192 valence electrons. The topological polar surface area (TPSA) is 98.3 Å². The van der Waals surface area contributed by atoms with Crippen molar-refractivity contribution in [3.05, 3.63) is 53.7 Å². The minimum Gasteiger partial charge on any atom is -0.488 e. The van der Waals surface area contributed by atoms with Gasteiger partial charge >= 0.3 is 0 Å². The number of imidazole rings is 1. The van der Waals surface area contributed by atoms with Gasteiger partial charge in [-0.15, -0.1) is 0 Å². The van der Waals surface area contributed by atoms with E-state index in [4.69, 9.17) is 14.2 Å². The first-order chi connectivity index (χ1) is 18.0. The minimum atomic E-state index is -0.101. The number of carbonyl (C=O) groups is 1. The third-order valence-corrected chi connectivity index (χ3v) is 7.44. The molecule has 3 aromatic heterocycles. The van der Waals surface area contributed by atoms with Gasteiger partial charge in [0.2, 0.25) is 11.9 Å². The monoisotopic (exact) mass is 500 g/mol. The van der Waals surface area contributed by atoms with Crippen molar-refractivity contribution in [2.45, 2.75) is 58.5 Å². The van der Waals surface area contributed by atoms with Crippen LogP contribution < -0.4 is 15.0 Å². The van der Waals surface area contributed by atoms with E-state index in [-0.39, 0.29) is 18.0 Å². The number of aryl methyl sites for hydroxylation is 2. The highest BCUT2D eigenvalue weighted by Gasteiger charge is 2.34. The number of piperidine rings is 1. The van der Waals surface area contributed by atoms with Crippen LogP contribution in [0.3, 0.4) is 0 Å². The van der Waals surface area contributed by atoms with E-state index in [1.54, 1.807) is 0 Å². The molecule has 0 radical (unpaired) electrons. The SMILES string of the molecule is CCCC(=O)NC1CCN(c2nc3ccc(-c4c(C)noc4C)c4c3n2[C@@H](c2ccccn2)CO4)CC1. The quantitative estimate of drug-likeness (QED) is 0.414. The fourth-order valence-electron chi connectivity index (χ4n) is 5.65. The first kappa shape index (κ1) is 23.5. The Labute approximate surface area is 215 Å². The van der Waals surface area contributed by atoms with Gasteiger partial charge in [0.05, 0.1) is 22.5 Å². The van der Waals surface area contributed by atoms with Gasteiger partial charge in [-0.25, -0.2) is 4.98 Å². The lowest BCUT2D eigenvalue weighted by Gasteiger charge is -2.35. The molecule has 37 heavy (non-hydrogen) atoms. The van der Waals surface area contributed by atoms with Crippen molar-refractivity contribution in [2.24, 2.45) is 0 Å². The van der Waals surface area contributed by atoms with Crippen LogP contribution in [0.4, 0.5) is 5.95 Å². The zero-order valence-electron chi connectivity index (χ0n) is 21.5. The third-order valence-electron chi connectivity index (χ3n) is 7.44. The Balaban J connectivity index is 1.42. The number of aromatic nitrogens is 4. The summed E-state index contributed by atoms with van der Waals surface area (Å²) >= 11 is 0. The number of amides is 1. The van der Waals surface area contributed by atoms with Crippen molar-refractivity contribution < 1.29 is 14.1 Å². The Morgan fingerprint density at radius 3 is 2.70 bits per heavy atom. The van der Waals surface area contributed by atoms with Gasteiger partial charge in [-0.1, -0.05) is 18.1 Å². The Bertz CT molecular complexity index is 1420. The van der Waals surface area contributed by atoms with E-state index in [0.717, 1.165) is 83.4 Å². The summed E-state index contributed by atoms with van der Waals surface area (Å²) in [5.74, 6) is 2.64. The summed E-state index contributed by atoms with van der Waals surface area (Å²) in [6.45, 7) is 8.01. The minimum absolute atomic E-state index is 0.101. The highest BCUT2D eigenvalue weighted by atomic mass is 16.5. The van der Waals surface area contributed by atoms with Gasteiger partial charge in [0.25, 0.3) is 0 Å². The predicted octanol–water partition coefficient (Wildman–Crippen LogP) is 4.57. The number of anilines is 1. The van der Waals surface area contributed by atoms with Crippen LogP contribution in [0, 0.1) is 13.8 Å². The van der Waals surface area contributed by atoms with Gasteiger partial charge < -0.3 is 19.5 Å². The van der Waals surface area contributed by atoms with Crippen LogP contribution in [-0.4, -0.2) is 51.3 Å². The maximum atomic E-state index is 12.1. The van der Waals surface area contributed by atoms with Crippen LogP contribution in [0.2, 0.25) is 0 Å². The standard InChI is InChI=1S/C28H32N6O3/c1-4-7-24(35)30-19-11-14-33(15-12-19)28-31-22-10-9-20(25-17(2)32-37-18(25)3)27-26(22)34(28)23(16-36-27)21-8-5-6-13-29-21/h5-6,8-10,13,19,23H,4,7,11-12,14-16H2,1-3H3,(H,30,35)/t23-/m1/s1. The molecule has 1 amide bonds. The Morgan fingerprint density at radius 1 is 1.16 bits per heavy atom. The Kier molecular flexibility index (Phi) is 6.06. The molecular formula is C28H32N6O3. The molecule has 0 aliphatic carbocycles. The summed E-state index contributed by atoms with van der Waals surface area (Å²) in [4.78, 5) is 24.3. The van der Waals surface area contributed by atoms with Crippen LogP contribution in [0.5, 0.6) is 5.75 Å². The van der Waals surface area contributed by atoms with Crippen molar-refractivity contribution in [3.8, 4) is 16.9 Å². The molecule has 2 aliphatic heterocycles. The molecule has 1 saturated heterocycles. The van der Waals surface area contributed by atoms with E-state index in [0.29, 0.717) is 13.0 Å². The predicted molar refractivity (Wildman–Crippen MR) is 141 cm³/mol. The molecule has 0 spiro atoms. The number of rotatable bonds is 6. The number of hydrogen-bond acceptors (Lipinski definition) is 7. The van der Waals surface area contributed by atoms with E-state index >= 15 is 0 Å². The van der Waals surface area contributed by atoms with E-state index in [1.165, 1.54) is 0 Å². The number of nitrogens with one attached hydrogen (secondary N) is 1. The van der Waals surface area contributed by atoms with Crippen molar-refractivity contribution >= 4 is 22.9 Å². The number of pyridine rings is 1. The van der Waals surface area contributed by atoms with Gasteiger partial charge in [0, 0.05) is 37.3 Å². The van der Waals surface area contributed by atoms with Gasteiger partial charge in [-0.05, 0) is 57.4 Å². The van der Waals surface area contributed by atoms with Crippen LogP contribution in [0.1, 0.15) is 55.8 Å². The van der Waals surface area contributed by atoms with Gasteiger partial charge in [-0.3, -0.25) is 14.3 Å². The number of benzene rings is 1. The summed E-state index contributed by atoms with van der Waals surface area (Å²) in [6.07, 6.45) is 5.05. The van der Waals surface area contributed by atoms with E-state index in [9.17, 15) is 4.79 Å². The Morgan fingerprint density at radius 2 is 2.00 bits per heavy atom. The lowest BCUT2D eigenvalue weighted by atomic mass is 10.0. The second-order valence-electron chi connectivity index (χ2n) is 9.95. The highest BCUT2D eigenvalue weighted by molar-refractivity contribution is 5.94. The molecular weight excluding hydrogens is 468 g/mol. The maximum absolute atomic E-state index is 12.1. The van der Waals surface area contributed by atoms with E-state index < -0.39 is 0 Å². The molecule has 9 heteroatoms. The molecule has 1 N–H and O–H groups in total. The van der Waals surface area contributed by atoms with Crippen LogP contribution in [0.25, 0.3) is 22.2 Å². The average molecular weight is 501 g/mol. The molecule has 6 rings (SSSR count). The van der Waals surface area contributed by atoms with Crippen molar-refractivity contribution in [1.82, 2.24) is 25.0 Å². The normalized spacial score (nSPS) is 17.7. The fourth-order valence-corrected chi connectivity index (χ4v) is 5.65. The van der Waals surface area contributed by atoms with Crippen molar-refractivity contribution in [3.63, 3.8) is 0 Å². The van der Waals surface area contributed by atoms with Crippen LogP contribution in [-0.2, 0) is 4.79 Å². The third kappa shape index (κ3) is 4.12. The summed E-state index contributed by atoms with van der Waals surface area (Å²) < 4.78 is 14.3. The number of carbonyl (C=O) groups excluding carboxylic acids is 1. The molecule has 1 aromatic carbocycles. The smallest absolute Gasteiger partial charge is 0.220 e. The highest BCUT2D eigenvalue weighted by Crippen LogP contribution is 2.46. The number of ether oxygens (including phenoxy) is 1. The molecule has 0 bridgehead atoms. The lowest BCUT2D eigenvalue weighted by molar-refractivity contribution is -0.121. The zero-order valence-corrected chi connectivity index (χ0v) is 21.5. The van der Waals surface area contributed by atoms with Crippen molar-refractivity contribution in [1.29, 1.82) is 0 Å². The molecule has 4 aromatic rings. The average Bonchev–Trinajstić information content (AvgIpc) is 3.46. The zero-order chi connectivity index (χ0) is 25.5. The molecule has 5 heterocycles. The second-order valence-corrected chi connectivity index (χ2v) is 9.95. The van der Waals surface area contributed by atoms with Crippen molar-refractivity contribution in [2.75, 3.05) is 24.6 Å². The fraction of sp³-hybridized carbons (Fsp3) is 0.429. The number of hydrogen-bond donors (Lipinski definition) is 1. The number of nitrogens with zero attached hydrogens (tertiary/aromatic N) is 5. The first-order valence-corrected chi connectivity index (χ1v) is 13.1. The summed E-state index contributed by atoms with van der Waals surface area (Å²) in [5.41, 5.74) is 5.56. The lowest BCUT2D eigenvalue weighted by Crippen LogP contribution is -2.45. The maximum Gasteiger partial charge on any atom is 0.220 e. The molecule has 9 nitrogen and oxygen atoms in total. The largest absolute Gasteiger partial charge is 0.488 e. The summed E-state index contributed by atoms with van der Waals surface area (Å²) in [5, 5.41) is 7.37. The second kappa shape index (κ2) is 9.53. The van der Waals surface area contributed by atoms with E-state index in [2.05, 4.69) is 37.1 Å². The first-order valence-electron chi connectivity index (χ1n) is 13.1. The molecule has 1 fully saturated rings. The Hall–Kier alpha value is -3.88. The summed E-state index contributed by atoms with van der Waals surface area (Å²) in [6, 6.07) is 10.2.